The Labute approximate surface area is 242 Å². The highest BCUT2D eigenvalue weighted by Gasteiger charge is 2.33. The Morgan fingerprint density at radius 1 is 0.927 bits per heavy atom. The molecule has 0 aliphatic rings. The lowest BCUT2D eigenvalue weighted by atomic mass is 10.1. The van der Waals surface area contributed by atoms with Crippen LogP contribution < -0.4 is 14.4 Å². The van der Waals surface area contributed by atoms with E-state index in [0.29, 0.717) is 30.9 Å². The van der Waals surface area contributed by atoms with Crippen molar-refractivity contribution >= 4 is 27.5 Å². The van der Waals surface area contributed by atoms with Gasteiger partial charge in [0.15, 0.2) is 0 Å². The number of nitrogens with one attached hydrogen (secondary N) is 1. The second-order valence-corrected chi connectivity index (χ2v) is 11.8. The Morgan fingerprint density at radius 3 is 2.12 bits per heavy atom. The average Bonchev–Trinajstić information content (AvgIpc) is 2.96. The third-order valence-electron chi connectivity index (χ3n) is 6.38. The summed E-state index contributed by atoms with van der Waals surface area (Å²) in [7, 11) is -4.17. The van der Waals surface area contributed by atoms with E-state index in [1.165, 1.54) is 29.2 Å². The molecule has 2 amide bonds. The maximum absolute atomic E-state index is 14.0. The summed E-state index contributed by atoms with van der Waals surface area (Å²) in [5, 5.41) is 2.88. The molecule has 1 atom stereocenters. The van der Waals surface area contributed by atoms with Crippen LogP contribution in [0.4, 0.5) is 10.1 Å². The summed E-state index contributed by atoms with van der Waals surface area (Å²) in [4.78, 5) is 28.6. The summed E-state index contributed by atoms with van der Waals surface area (Å²) < 4.78 is 47.9. The summed E-state index contributed by atoms with van der Waals surface area (Å²) in [6.45, 7) is 7.87. The molecule has 41 heavy (non-hydrogen) atoms. The Hall–Kier alpha value is -3.92. The van der Waals surface area contributed by atoms with E-state index >= 15 is 0 Å². The molecule has 8 nitrogen and oxygen atoms in total. The van der Waals surface area contributed by atoms with Gasteiger partial charge in [0.25, 0.3) is 10.0 Å². The van der Waals surface area contributed by atoms with E-state index in [9.17, 15) is 22.4 Å². The summed E-state index contributed by atoms with van der Waals surface area (Å²) >= 11 is 0. The van der Waals surface area contributed by atoms with Crippen molar-refractivity contribution in [1.82, 2.24) is 10.2 Å². The van der Waals surface area contributed by atoms with E-state index < -0.39 is 34.3 Å². The molecule has 1 N–H and O–H groups in total. The van der Waals surface area contributed by atoms with Gasteiger partial charge in [0.05, 0.1) is 17.2 Å². The van der Waals surface area contributed by atoms with Crippen LogP contribution in [-0.4, -0.2) is 50.9 Å². The zero-order chi connectivity index (χ0) is 30.0. The Morgan fingerprint density at radius 2 is 1.56 bits per heavy atom. The molecule has 0 spiro atoms. The smallest absolute Gasteiger partial charge is 0.264 e. The molecule has 0 radical (unpaired) electrons. The van der Waals surface area contributed by atoms with Gasteiger partial charge in [-0.15, -0.1) is 0 Å². The number of nitrogens with zero attached hydrogens (tertiary/aromatic N) is 2. The fourth-order valence-corrected chi connectivity index (χ4v) is 5.69. The van der Waals surface area contributed by atoms with Gasteiger partial charge in [0, 0.05) is 13.1 Å². The van der Waals surface area contributed by atoms with Crippen LogP contribution in [0.5, 0.6) is 5.75 Å². The van der Waals surface area contributed by atoms with Gasteiger partial charge in [-0.2, -0.15) is 0 Å². The van der Waals surface area contributed by atoms with Gasteiger partial charge in [-0.05, 0) is 73.4 Å². The first-order valence-corrected chi connectivity index (χ1v) is 15.1. The largest absolute Gasteiger partial charge is 0.494 e. The summed E-state index contributed by atoms with van der Waals surface area (Å²) in [5.74, 6) is -0.581. The van der Waals surface area contributed by atoms with E-state index in [-0.39, 0.29) is 29.0 Å². The molecule has 220 valence electrons. The molecular weight excluding hydrogens is 545 g/mol. The second-order valence-electron chi connectivity index (χ2n) is 9.96. The minimum absolute atomic E-state index is 0.00474. The lowest BCUT2D eigenvalue weighted by Crippen LogP contribution is -2.52. The molecule has 0 saturated heterocycles. The van der Waals surface area contributed by atoms with Crippen LogP contribution >= 0.6 is 0 Å². The van der Waals surface area contributed by atoms with Crippen molar-refractivity contribution in [1.29, 1.82) is 0 Å². The monoisotopic (exact) mass is 583 g/mol. The highest BCUT2D eigenvalue weighted by atomic mass is 32.2. The predicted octanol–water partition coefficient (Wildman–Crippen LogP) is 5.00. The zero-order valence-electron chi connectivity index (χ0n) is 23.9. The fourth-order valence-electron chi connectivity index (χ4n) is 4.25. The van der Waals surface area contributed by atoms with Crippen LogP contribution in [-0.2, 0) is 26.2 Å². The topological polar surface area (TPSA) is 96.0 Å². The van der Waals surface area contributed by atoms with Crippen LogP contribution in [0.25, 0.3) is 0 Å². The number of anilines is 1. The van der Waals surface area contributed by atoms with Gasteiger partial charge in [0.1, 0.15) is 24.2 Å². The lowest BCUT2D eigenvalue weighted by Gasteiger charge is -2.33. The van der Waals surface area contributed by atoms with E-state index in [2.05, 4.69) is 5.32 Å². The maximum Gasteiger partial charge on any atom is 0.264 e. The quantitative estimate of drug-likeness (QED) is 0.288. The molecule has 3 rings (SSSR count). The molecule has 3 aromatic rings. The lowest BCUT2D eigenvalue weighted by molar-refractivity contribution is -0.140. The molecule has 0 saturated carbocycles. The first kappa shape index (κ1) is 31.6. The number of ether oxygens (including phenoxy) is 1. The fraction of sp³-hybridized carbons (Fsp3) is 0.355. The molecule has 3 aromatic carbocycles. The Balaban J connectivity index is 2.03. The molecule has 0 aromatic heterocycles. The van der Waals surface area contributed by atoms with Crippen molar-refractivity contribution in [2.75, 3.05) is 24.0 Å². The molecule has 0 aliphatic carbocycles. The minimum Gasteiger partial charge on any atom is -0.494 e. The van der Waals surface area contributed by atoms with Gasteiger partial charge in [-0.25, -0.2) is 12.8 Å². The molecule has 0 unspecified atom stereocenters. The van der Waals surface area contributed by atoms with E-state index in [4.69, 9.17) is 4.74 Å². The number of hydrogen-bond acceptors (Lipinski definition) is 5. The third kappa shape index (κ3) is 8.53. The number of halogens is 1. The van der Waals surface area contributed by atoms with Gasteiger partial charge < -0.3 is 15.0 Å². The number of sulfonamides is 1. The van der Waals surface area contributed by atoms with E-state index in [0.717, 1.165) is 4.31 Å². The van der Waals surface area contributed by atoms with Crippen LogP contribution in [0.2, 0.25) is 0 Å². The number of carbonyl (C=O) groups is 2. The van der Waals surface area contributed by atoms with Gasteiger partial charge >= 0.3 is 0 Å². The molecule has 10 heteroatoms. The second kappa shape index (κ2) is 14.6. The number of amides is 2. The molecular formula is C31H38FN3O5S. The predicted molar refractivity (Wildman–Crippen MR) is 157 cm³/mol. The molecule has 0 aliphatic heterocycles. The summed E-state index contributed by atoms with van der Waals surface area (Å²) in [6.07, 6.45) is 0.297. The van der Waals surface area contributed by atoms with Crippen molar-refractivity contribution in [3.05, 3.63) is 90.2 Å². The number of rotatable bonds is 14. The third-order valence-corrected chi connectivity index (χ3v) is 8.17. The first-order chi connectivity index (χ1) is 19.6. The van der Waals surface area contributed by atoms with Crippen LogP contribution in [0.1, 0.15) is 39.7 Å². The van der Waals surface area contributed by atoms with Crippen LogP contribution in [0.3, 0.4) is 0 Å². The minimum atomic E-state index is -4.17. The maximum atomic E-state index is 14.0. The highest BCUT2D eigenvalue weighted by Crippen LogP contribution is 2.27. The van der Waals surface area contributed by atoms with E-state index in [1.54, 1.807) is 61.5 Å². The van der Waals surface area contributed by atoms with E-state index in [1.807, 2.05) is 20.8 Å². The molecule has 0 bridgehead atoms. The van der Waals surface area contributed by atoms with Crippen molar-refractivity contribution in [3.63, 3.8) is 0 Å². The van der Waals surface area contributed by atoms with Crippen LogP contribution in [0.15, 0.2) is 83.8 Å². The zero-order valence-corrected chi connectivity index (χ0v) is 24.7. The van der Waals surface area contributed by atoms with Crippen molar-refractivity contribution in [3.8, 4) is 5.75 Å². The number of hydrogen-bond donors (Lipinski definition) is 1. The molecule has 0 fully saturated rings. The van der Waals surface area contributed by atoms with Gasteiger partial charge in [0.2, 0.25) is 11.8 Å². The molecule has 0 heterocycles. The highest BCUT2D eigenvalue weighted by molar-refractivity contribution is 7.92. The number of benzene rings is 3. The Kier molecular flexibility index (Phi) is 11.3. The SMILES string of the molecule is CCOc1ccc(N(CC(=O)N(Cc2ccc(F)cc2)[C@@H](CC)C(=O)NCC(C)C)S(=O)(=O)c2ccccc2)cc1. The standard InChI is InChI=1S/C31H38FN3O5S/c1-5-29(31(37)33-20-23(3)4)34(21-24-12-14-25(32)15-13-24)30(36)22-35(26-16-18-27(19-17-26)40-6-2)41(38,39)28-10-8-7-9-11-28/h7-19,23,29H,5-6,20-22H2,1-4H3,(H,33,37)/t29-/m0/s1. The average molecular weight is 584 g/mol. The summed E-state index contributed by atoms with van der Waals surface area (Å²) in [5.41, 5.74) is 0.873. The summed E-state index contributed by atoms with van der Waals surface area (Å²) in [6, 6.07) is 19.1. The van der Waals surface area contributed by atoms with Crippen molar-refractivity contribution < 1.29 is 27.1 Å². The number of carbonyl (C=O) groups excluding carboxylic acids is 2. The van der Waals surface area contributed by atoms with Gasteiger partial charge in [-0.1, -0.05) is 51.1 Å². The van der Waals surface area contributed by atoms with Crippen LogP contribution in [0, 0.1) is 11.7 Å². The first-order valence-electron chi connectivity index (χ1n) is 13.7. The Bertz CT molecular complexity index is 1380. The van der Waals surface area contributed by atoms with Gasteiger partial charge in [-0.3, -0.25) is 13.9 Å². The van der Waals surface area contributed by atoms with Crippen molar-refractivity contribution in [2.45, 2.75) is 51.6 Å². The normalized spacial score (nSPS) is 12.0. The van der Waals surface area contributed by atoms with Crippen molar-refractivity contribution in [2.24, 2.45) is 5.92 Å².